The van der Waals surface area contributed by atoms with Crippen molar-refractivity contribution in [1.29, 1.82) is 0 Å². The summed E-state index contributed by atoms with van der Waals surface area (Å²) in [6, 6.07) is 7.10. The molecule has 1 aromatic rings. The van der Waals surface area contributed by atoms with Crippen LogP contribution in [0.5, 0.6) is 5.75 Å². The van der Waals surface area contributed by atoms with E-state index >= 15 is 0 Å². The van der Waals surface area contributed by atoms with Crippen molar-refractivity contribution in [2.24, 2.45) is 0 Å². The molecule has 0 saturated heterocycles. The summed E-state index contributed by atoms with van der Waals surface area (Å²) in [5, 5.41) is 11.2. The van der Waals surface area contributed by atoms with Crippen LogP contribution in [0.2, 0.25) is 0 Å². The average molecular weight is 255 g/mol. The number of rotatable bonds is 6. The number of carbonyl (C=O) groups is 1. The number of ether oxygens (including phenoxy) is 1. The lowest BCUT2D eigenvalue weighted by Gasteiger charge is -2.15. The largest absolute Gasteiger partial charge is 0.491 e. The van der Waals surface area contributed by atoms with E-state index in [0.29, 0.717) is 5.75 Å². The Morgan fingerprint density at radius 2 is 2.11 bits per heavy atom. The topological polar surface area (TPSA) is 58.6 Å². The van der Waals surface area contributed by atoms with E-state index < -0.39 is 11.6 Å². The molecule has 0 bridgehead atoms. The normalized spacial score (nSPS) is 11.1. The van der Waals surface area contributed by atoms with Gasteiger partial charge >= 0.3 is 0 Å². The Hall–Kier alpha value is -1.62. The number of hydrogen-bond acceptors (Lipinski definition) is 3. The molecule has 0 spiro atoms. The monoisotopic (exact) mass is 255 g/mol. The number of alkyl halides is 1. The quantitative estimate of drug-likeness (QED) is 0.808. The van der Waals surface area contributed by atoms with Crippen LogP contribution in [0.15, 0.2) is 24.3 Å². The Kier molecular flexibility index (Phi) is 5.09. The second-order valence-corrected chi connectivity index (χ2v) is 4.33. The van der Waals surface area contributed by atoms with Gasteiger partial charge in [-0.2, -0.15) is 0 Å². The zero-order chi connectivity index (χ0) is 13.6. The molecule has 100 valence electrons. The zero-order valence-corrected chi connectivity index (χ0v) is 10.6. The van der Waals surface area contributed by atoms with Gasteiger partial charge in [-0.25, -0.2) is 4.39 Å². The van der Waals surface area contributed by atoms with Gasteiger partial charge in [0, 0.05) is 12.1 Å². The van der Waals surface area contributed by atoms with Gasteiger partial charge in [0.05, 0.1) is 6.61 Å². The maximum absolute atomic E-state index is 13.3. The molecule has 5 heteroatoms. The van der Waals surface area contributed by atoms with Gasteiger partial charge in [-0.3, -0.25) is 4.79 Å². The Bertz CT molecular complexity index is 401. The van der Waals surface area contributed by atoms with Crippen LogP contribution in [0.3, 0.4) is 0 Å². The first-order valence-corrected chi connectivity index (χ1v) is 5.74. The van der Waals surface area contributed by atoms with Crippen molar-refractivity contribution in [3.63, 3.8) is 0 Å². The fourth-order valence-corrected chi connectivity index (χ4v) is 1.33. The third kappa shape index (κ3) is 4.33. The summed E-state index contributed by atoms with van der Waals surface area (Å²) in [6.07, 6.45) is 0. The highest BCUT2D eigenvalue weighted by molar-refractivity contribution is 5.84. The van der Waals surface area contributed by atoms with E-state index in [4.69, 9.17) is 9.84 Å². The lowest BCUT2D eigenvalue weighted by Crippen LogP contribution is -2.38. The Morgan fingerprint density at radius 1 is 1.44 bits per heavy atom. The molecule has 1 aromatic carbocycles. The maximum atomic E-state index is 13.3. The van der Waals surface area contributed by atoms with Crippen LogP contribution >= 0.6 is 0 Å². The van der Waals surface area contributed by atoms with Gasteiger partial charge in [-0.15, -0.1) is 0 Å². The third-order valence-corrected chi connectivity index (χ3v) is 2.30. The summed E-state index contributed by atoms with van der Waals surface area (Å²) in [5.74, 6) is -0.0945. The first-order chi connectivity index (χ1) is 8.45. The SMILES string of the molecule is CC(C)(F)C(=O)NCc1ccccc1OCCO. The lowest BCUT2D eigenvalue weighted by molar-refractivity contribution is -0.130. The smallest absolute Gasteiger partial charge is 0.257 e. The Morgan fingerprint density at radius 3 is 2.72 bits per heavy atom. The Balaban J connectivity index is 2.64. The molecule has 0 aromatic heterocycles. The lowest BCUT2D eigenvalue weighted by atomic mass is 10.1. The van der Waals surface area contributed by atoms with E-state index in [2.05, 4.69) is 5.32 Å². The van der Waals surface area contributed by atoms with Crippen molar-refractivity contribution in [2.45, 2.75) is 26.1 Å². The number of hydrogen-bond donors (Lipinski definition) is 2. The molecular weight excluding hydrogens is 237 g/mol. The summed E-state index contributed by atoms with van der Waals surface area (Å²) in [6.45, 7) is 2.69. The number of aliphatic hydroxyl groups is 1. The highest BCUT2D eigenvalue weighted by atomic mass is 19.1. The van der Waals surface area contributed by atoms with E-state index in [-0.39, 0.29) is 19.8 Å². The van der Waals surface area contributed by atoms with Crippen LogP contribution in [0.4, 0.5) is 4.39 Å². The van der Waals surface area contributed by atoms with Gasteiger partial charge in [-0.05, 0) is 19.9 Å². The van der Waals surface area contributed by atoms with Gasteiger partial charge in [-0.1, -0.05) is 18.2 Å². The van der Waals surface area contributed by atoms with E-state index in [1.165, 1.54) is 13.8 Å². The van der Waals surface area contributed by atoms with Gasteiger partial charge in [0.1, 0.15) is 12.4 Å². The van der Waals surface area contributed by atoms with Crippen LogP contribution in [0.1, 0.15) is 19.4 Å². The van der Waals surface area contributed by atoms with Crippen molar-refractivity contribution in [2.75, 3.05) is 13.2 Å². The van der Waals surface area contributed by atoms with E-state index in [1.807, 2.05) is 0 Å². The number of benzene rings is 1. The van der Waals surface area contributed by atoms with E-state index in [0.717, 1.165) is 5.56 Å². The number of nitrogens with one attached hydrogen (secondary N) is 1. The molecule has 4 nitrogen and oxygen atoms in total. The summed E-state index contributed by atoms with van der Waals surface area (Å²) < 4.78 is 18.6. The standard InChI is InChI=1S/C13H18FNO3/c1-13(2,14)12(17)15-9-10-5-3-4-6-11(10)18-8-7-16/h3-6,16H,7-9H2,1-2H3,(H,15,17). The minimum Gasteiger partial charge on any atom is -0.491 e. The number of carbonyl (C=O) groups excluding carboxylic acids is 1. The minimum atomic E-state index is -1.90. The van der Waals surface area contributed by atoms with Crippen molar-refractivity contribution < 1.29 is 19.0 Å². The highest BCUT2D eigenvalue weighted by Crippen LogP contribution is 2.18. The molecule has 0 aliphatic rings. The van der Waals surface area contributed by atoms with E-state index in [9.17, 15) is 9.18 Å². The van der Waals surface area contributed by atoms with Crippen molar-refractivity contribution in [3.8, 4) is 5.75 Å². The van der Waals surface area contributed by atoms with Crippen molar-refractivity contribution in [1.82, 2.24) is 5.32 Å². The third-order valence-electron chi connectivity index (χ3n) is 2.30. The van der Waals surface area contributed by atoms with Gasteiger partial charge in [0.2, 0.25) is 0 Å². The van der Waals surface area contributed by atoms with Gasteiger partial charge in [0.15, 0.2) is 5.67 Å². The Labute approximate surface area is 106 Å². The van der Waals surface area contributed by atoms with Crippen molar-refractivity contribution in [3.05, 3.63) is 29.8 Å². The highest BCUT2D eigenvalue weighted by Gasteiger charge is 2.26. The van der Waals surface area contributed by atoms with Crippen molar-refractivity contribution >= 4 is 5.91 Å². The molecule has 0 aliphatic heterocycles. The predicted molar refractivity (Wildman–Crippen MR) is 66.1 cm³/mol. The van der Waals surface area contributed by atoms with Crippen LogP contribution in [-0.2, 0) is 11.3 Å². The number of para-hydroxylation sites is 1. The maximum Gasteiger partial charge on any atom is 0.257 e. The zero-order valence-electron chi connectivity index (χ0n) is 10.6. The molecule has 0 saturated carbocycles. The second kappa shape index (κ2) is 6.35. The van der Waals surface area contributed by atoms with Gasteiger partial charge < -0.3 is 15.2 Å². The molecule has 2 N–H and O–H groups in total. The van der Waals surface area contributed by atoms with Crippen LogP contribution in [0, 0.1) is 0 Å². The van der Waals surface area contributed by atoms with Crippen LogP contribution in [0.25, 0.3) is 0 Å². The molecule has 0 atom stereocenters. The molecule has 1 rings (SSSR count). The molecule has 0 unspecified atom stereocenters. The number of aliphatic hydroxyl groups excluding tert-OH is 1. The summed E-state index contributed by atoms with van der Waals surface area (Å²) in [4.78, 5) is 11.4. The van der Waals surface area contributed by atoms with Crippen LogP contribution < -0.4 is 10.1 Å². The average Bonchev–Trinajstić information content (AvgIpc) is 2.33. The number of halogens is 1. The minimum absolute atomic E-state index is 0.0851. The fourth-order valence-electron chi connectivity index (χ4n) is 1.33. The molecular formula is C13H18FNO3. The summed E-state index contributed by atoms with van der Waals surface area (Å²) >= 11 is 0. The predicted octanol–water partition coefficient (Wildman–Crippen LogP) is 1.42. The molecule has 0 fully saturated rings. The molecule has 0 radical (unpaired) electrons. The number of amides is 1. The second-order valence-electron chi connectivity index (χ2n) is 4.33. The van der Waals surface area contributed by atoms with Crippen LogP contribution in [-0.4, -0.2) is 29.9 Å². The first kappa shape index (κ1) is 14.4. The summed E-state index contributed by atoms with van der Waals surface area (Å²) in [7, 11) is 0. The molecule has 0 aliphatic carbocycles. The molecule has 1 amide bonds. The van der Waals surface area contributed by atoms with E-state index in [1.54, 1.807) is 24.3 Å². The van der Waals surface area contributed by atoms with Gasteiger partial charge in [0.25, 0.3) is 5.91 Å². The fraction of sp³-hybridized carbons (Fsp3) is 0.462. The summed E-state index contributed by atoms with van der Waals surface area (Å²) in [5.41, 5.74) is -1.16. The molecule has 0 heterocycles. The molecule has 18 heavy (non-hydrogen) atoms. The first-order valence-electron chi connectivity index (χ1n) is 5.74.